The summed E-state index contributed by atoms with van der Waals surface area (Å²) in [5, 5.41) is 0.491. The fourth-order valence-electron chi connectivity index (χ4n) is 5.42. The highest BCUT2D eigenvalue weighted by Crippen LogP contribution is 2.48. The van der Waals surface area contributed by atoms with Crippen molar-refractivity contribution in [3.8, 4) is 22.8 Å². The molecule has 0 unspecified atom stereocenters. The summed E-state index contributed by atoms with van der Waals surface area (Å²) in [6, 6.07) is 13.7. The molecule has 8 nitrogen and oxygen atoms in total. The van der Waals surface area contributed by atoms with Crippen LogP contribution in [0.15, 0.2) is 52.1 Å². The average molecular weight is 490 g/mol. The van der Waals surface area contributed by atoms with Crippen LogP contribution in [0.2, 0.25) is 0 Å². The molecule has 8 heteroatoms. The van der Waals surface area contributed by atoms with Gasteiger partial charge in [-0.25, -0.2) is 4.79 Å². The first-order valence-electron chi connectivity index (χ1n) is 11.9. The molecule has 4 aromatic rings. The van der Waals surface area contributed by atoms with E-state index in [9.17, 15) is 9.59 Å². The number of aryl methyl sites for hydroxylation is 2. The van der Waals surface area contributed by atoms with Crippen molar-refractivity contribution in [3.05, 3.63) is 80.1 Å². The second kappa shape index (κ2) is 8.41. The number of nitrogens with zero attached hydrogens (tertiary/aromatic N) is 3. The molecule has 0 spiro atoms. The maximum atomic E-state index is 13.7. The Morgan fingerprint density at radius 1 is 1.00 bits per heavy atom. The molecule has 3 heterocycles. The number of ether oxygens (including phenoxy) is 3. The van der Waals surface area contributed by atoms with E-state index in [0.29, 0.717) is 29.0 Å². The van der Waals surface area contributed by atoms with Crippen LogP contribution in [0.3, 0.4) is 0 Å². The Hall–Kier alpha value is -3.78. The summed E-state index contributed by atoms with van der Waals surface area (Å²) in [6.07, 6.45) is -0.596. The van der Waals surface area contributed by atoms with Crippen LogP contribution in [-0.4, -0.2) is 34.5 Å². The van der Waals surface area contributed by atoms with E-state index in [1.807, 2.05) is 43.3 Å². The molecular formula is C28H31N3O5. The molecule has 188 valence electrons. The van der Waals surface area contributed by atoms with Gasteiger partial charge in [0, 0.05) is 19.7 Å². The second-order valence-corrected chi connectivity index (χ2v) is 9.95. The van der Waals surface area contributed by atoms with Gasteiger partial charge in [-0.15, -0.1) is 0 Å². The Kier molecular flexibility index (Phi) is 5.59. The summed E-state index contributed by atoms with van der Waals surface area (Å²) in [5.41, 5.74) is 3.59. The van der Waals surface area contributed by atoms with Gasteiger partial charge in [0.15, 0.2) is 11.5 Å². The summed E-state index contributed by atoms with van der Waals surface area (Å²) in [6.45, 7) is 6.57. The molecule has 36 heavy (non-hydrogen) atoms. The normalized spacial score (nSPS) is 16.7. The molecule has 0 saturated carbocycles. The Labute approximate surface area is 209 Å². The number of rotatable bonds is 4. The van der Waals surface area contributed by atoms with Gasteiger partial charge in [-0.1, -0.05) is 35.9 Å². The lowest BCUT2D eigenvalue weighted by Gasteiger charge is -2.39. The maximum Gasteiger partial charge on any atom is 0.331 e. The molecule has 0 radical (unpaired) electrons. The monoisotopic (exact) mass is 489 g/mol. The first kappa shape index (κ1) is 23.9. The van der Waals surface area contributed by atoms with E-state index >= 15 is 0 Å². The fraction of sp³-hybridized carbons (Fsp3) is 0.357. The van der Waals surface area contributed by atoms with Gasteiger partial charge >= 0.3 is 5.69 Å². The van der Waals surface area contributed by atoms with Crippen LogP contribution in [0, 0.1) is 6.92 Å². The Morgan fingerprint density at radius 3 is 2.39 bits per heavy atom. The molecule has 1 aliphatic rings. The minimum absolute atomic E-state index is 0.335. The van der Waals surface area contributed by atoms with Crippen molar-refractivity contribution in [2.24, 2.45) is 14.1 Å². The minimum Gasteiger partial charge on any atom is -0.493 e. The molecule has 5 rings (SSSR count). The van der Waals surface area contributed by atoms with E-state index in [0.717, 1.165) is 28.1 Å². The highest BCUT2D eigenvalue weighted by Gasteiger charge is 2.41. The molecule has 1 aliphatic heterocycles. The lowest BCUT2D eigenvalue weighted by molar-refractivity contribution is -0.00811. The average Bonchev–Trinajstić information content (AvgIpc) is 3.23. The van der Waals surface area contributed by atoms with Gasteiger partial charge in [0.2, 0.25) is 0 Å². The first-order valence-corrected chi connectivity index (χ1v) is 11.9. The minimum atomic E-state index is -0.596. The predicted octanol–water partition coefficient (Wildman–Crippen LogP) is 3.89. The molecule has 0 aliphatic carbocycles. The fourth-order valence-corrected chi connectivity index (χ4v) is 5.42. The van der Waals surface area contributed by atoms with Crippen molar-refractivity contribution in [1.82, 2.24) is 13.7 Å². The van der Waals surface area contributed by atoms with Crippen LogP contribution in [0.5, 0.6) is 11.5 Å². The number of para-hydroxylation sites is 1. The van der Waals surface area contributed by atoms with Crippen LogP contribution >= 0.6 is 0 Å². The van der Waals surface area contributed by atoms with E-state index in [4.69, 9.17) is 14.2 Å². The van der Waals surface area contributed by atoms with E-state index in [2.05, 4.69) is 24.5 Å². The summed E-state index contributed by atoms with van der Waals surface area (Å²) in [7, 11) is 6.40. The molecule has 0 amide bonds. The van der Waals surface area contributed by atoms with Crippen molar-refractivity contribution in [1.29, 1.82) is 0 Å². The van der Waals surface area contributed by atoms with Crippen LogP contribution in [0.1, 0.15) is 36.8 Å². The van der Waals surface area contributed by atoms with Crippen molar-refractivity contribution >= 4 is 10.9 Å². The third-order valence-electron chi connectivity index (χ3n) is 7.07. The topological polar surface area (TPSA) is 76.6 Å². The van der Waals surface area contributed by atoms with Crippen LogP contribution < -0.4 is 20.7 Å². The molecule has 1 atom stereocenters. The Bertz CT molecular complexity index is 1620. The van der Waals surface area contributed by atoms with Crippen molar-refractivity contribution in [3.63, 3.8) is 0 Å². The largest absolute Gasteiger partial charge is 0.493 e. The zero-order valence-electron chi connectivity index (χ0n) is 21.7. The SMILES string of the molecule is COc1cccc([C@@H]2OCC(C)(C)n3c(-c4cccc(C)c4)c4c(=O)n(C)c(=O)n(C)c4c32)c1OC. The third-order valence-corrected chi connectivity index (χ3v) is 7.07. The van der Waals surface area contributed by atoms with Crippen LogP contribution in [-0.2, 0) is 24.4 Å². The predicted molar refractivity (Wildman–Crippen MR) is 139 cm³/mol. The molecule has 0 N–H and O–H groups in total. The number of methoxy groups -OCH3 is 2. The second-order valence-electron chi connectivity index (χ2n) is 9.95. The molecule has 0 fully saturated rings. The molecule has 0 saturated heterocycles. The van der Waals surface area contributed by atoms with Crippen molar-refractivity contribution in [2.45, 2.75) is 32.4 Å². The van der Waals surface area contributed by atoms with E-state index < -0.39 is 17.3 Å². The van der Waals surface area contributed by atoms with Crippen molar-refractivity contribution < 1.29 is 14.2 Å². The molecule has 2 aromatic heterocycles. The standard InChI is InChI=1S/C28H31N3O5/c1-16-10-8-11-17(14-16)21-20-22(29(4)27(33)30(5)26(20)32)23-25(36-15-28(2,3)31(21)23)18-12-9-13-19(34-6)24(18)35-7/h8-14,25H,15H2,1-7H3/t25-/m0/s1. The van der Waals surface area contributed by atoms with E-state index in [1.54, 1.807) is 25.8 Å². The summed E-state index contributed by atoms with van der Waals surface area (Å²) < 4.78 is 22.7. The van der Waals surface area contributed by atoms with Crippen LogP contribution in [0.25, 0.3) is 22.2 Å². The van der Waals surface area contributed by atoms with Gasteiger partial charge in [-0.2, -0.15) is 0 Å². The lowest BCUT2D eigenvalue weighted by atomic mass is 9.97. The smallest absolute Gasteiger partial charge is 0.331 e. The van der Waals surface area contributed by atoms with Gasteiger partial charge < -0.3 is 18.8 Å². The Morgan fingerprint density at radius 2 is 1.72 bits per heavy atom. The van der Waals surface area contributed by atoms with Gasteiger partial charge in [0.05, 0.1) is 48.7 Å². The summed E-state index contributed by atoms with van der Waals surface area (Å²) in [5.74, 6) is 1.13. The number of benzene rings is 2. The summed E-state index contributed by atoms with van der Waals surface area (Å²) in [4.78, 5) is 26.9. The zero-order chi connectivity index (χ0) is 25.9. The van der Waals surface area contributed by atoms with Crippen LogP contribution in [0.4, 0.5) is 0 Å². The third kappa shape index (κ3) is 3.32. The van der Waals surface area contributed by atoms with E-state index in [-0.39, 0.29) is 5.56 Å². The molecule has 2 aromatic carbocycles. The highest BCUT2D eigenvalue weighted by molar-refractivity contribution is 5.97. The van der Waals surface area contributed by atoms with Gasteiger partial charge in [0.25, 0.3) is 5.56 Å². The Balaban J connectivity index is 2.01. The van der Waals surface area contributed by atoms with Crippen molar-refractivity contribution in [2.75, 3.05) is 20.8 Å². The van der Waals surface area contributed by atoms with Gasteiger partial charge in [-0.3, -0.25) is 13.9 Å². The van der Waals surface area contributed by atoms with Gasteiger partial charge in [0.1, 0.15) is 6.10 Å². The quantitative estimate of drug-likeness (QED) is 0.435. The summed E-state index contributed by atoms with van der Waals surface area (Å²) >= 11 is 0. The number of aromatic nitrogens is 3. The number of fused-ring (bicyclic) bond motifs is 3. The first-order chi connectivity index (χ1) is 17.1. The maximum absolute atomic E-state index is 13.7. The lowest BCUT2D eigenvalue weighted by Crippen LogP contribution is -2.40. The van der Waals surface area contributed by atoms with Gasteiger partial charge in [-0.05, 0) is 38.5 Å². The molecular weight excluding hydrogens is 458 g/mol. The zero-order valence-corrected chi connectivity index (χ0v) is 21.7. The highest BCUT2D eigenvalue weighted by atomic mass is 16.5. The number of hydrogen-bond donors (Lipinski definition) is 0. The number of hydrogen-bond acceptors (Lipinski definition) is 5. The molecule has 0 bridgehead atoms. The van der Waals surface area contributed by atoms with E-state index in [1.165, 1.54) is 11.6 Å².